The second-order valence-electron chi connectivity index (χ2n) is 7.60. The number of hydrogen-bond donors (Lipinski definition) is 2. The van der Waals surface area contributed by atoms with Gasteiger partial charge in [0.05, 0.1) is 22.3 Å². The molecule has 1 aliphatic heterocycles. The highest BCUT2D eigenvalue weighted by atomic mass is 19.1. The van der Waals surface area contributed by atoms with Crippen LogP contribution in [0.1, 0.15) is 40.5 Å². The van der Waals surface area contributed by atoms with Crippen LogP contribution in [-0.2, 0) is 13.0 Å². The number of rotatable bonds is 3. The number of fused-ring (bicyclic) bond motifs is 2. The van der Waals surface area contributed by atoms with Crippen LogP contribution in [0.15, 0.2) is 23.5 Å². The van der Waals surface area contributed by atoms with Gasteiger partial charge in [-0.3, -0.25) is 4.79 Å². The van der Waals surface area contributed by atoms with Crippen LogP contribution in [0.5, 0.6) is 0 Å². The fraction of sp³-hybridized carbons (Fsp3) is 0.300. The summed E-state index contributed by atoms with van der Waals surface area (Å²) in [6.45, 7) is 0.500. The topological polar surface area (TPSA) is 114 Å². The van der Waals surface area contributed by atoms with Crippen molar-refractivity contribution in [3.8, 4) is 0 Å². The van der Waals surface area contributed by atoms with Gasteiger partial charge in [-0.25, -0.2) is 23.5 Å². The normalized spacial score (nSPS) is 16.0. The van der Waals surface area contributed by atoms with Crippen LogP contribution in [-0.4, -0.2) is 32.2 Å². The van der Waals surface area contributed by atoms with Crippen molar-refractivity contribution in [3.63, 3.8) is 0 Å². The van der Waals surface area contributed by atoms with E-state index >= 15 is 8.78 Å². The van der Waals surface area contributed by atoms with E-state index in [-0.39, 0.29) is 23.8 Å². The van der Waals surface area contributed by atoms with Gasteiger partial charge in [0.15, 0.2) is 11.6 Å². The minimum Gasteiger partial charge on any atom is -0.477 e. The molecular weight excluding hydrogens is 396 g/mol. The van der Waals surface area contributed by atoms with Crippen LogP contribution in [0, 0.1) is 11.6 Å². The number of pyridine rings is 1. The van der Waals surface area contributed by atoms with Gasteiger partial charge in [0, 0.05) is 43.5 Å². The molecular formula is C20H17F2N5O3. The first kappa shape index (κ1) is 18.5. The minimum absolute atomic E-state index is 0.156. The lowest BCUT2D eigenvalue weighted by atomic mass is 10.0. The molecule has 1 aromatic carbocycles. The molecule has 1 saturated carbocycles. The molecule has 2 aromatic heterocycles. The third-order valence-corrected chi connectivity index (χ3v) is 5.71. The van der Waals surface area contributed by atoms with Gasteiger partial charge in [0.25, 0.3) is 0 Å². The highest BCUT2D eigenvalue weighted by molar-refractivity contribution is 5.99. The van der Waals surface area contributed by atoms with E-state index in [9.17, 15) is 14.7 Å². The quantitative estimate of drug-likeness (QED) is 0.633. The van der Waals surface area contributed by atoms with Crippen molar-refractivity contribution >= 4 is 28.2 Å². The van der Waals surface area contributed by atoms with Gasteiger partial charge in [0.2, 0.25) is 5.43 Å². The molecule has 0 bridgehead atoms. The predicted octanol–water partition coefficient (Wildman–Crippen LogP) is 2.25. The minimum atomic E-state index is -1.46. The number of aromatic nitrogens is 3. The van der Waals surface area contributed by atoms with E-state index < -0.39 is 39.7 Å². The predicted molar refractivity (Wildman–Crippen MR) is 105 cm³/mol. The summed E-state index contributed by atoms with van der Waals surface area (Å²) in [5, 5.41) is 8.94. The van der Waals surface area contributed by atoms with Crippen molar-refractivity contribution in [1.82, 2.24) is 14.5 Å². The summed E-state index contributed by atoms with van der Waals surface area (Å²) in [5.74, 6) is -3.45. The summed E-state index contributed by atoms with van der Waals surface area (Å²) in [7, 11) is 0. The van der Waals surface area contributed by atoms with Crippen LogP contribution in [0.2, 0.25) is 0 Å². The molecule has 0 atom stereocenters. The lowest BCUT2D eigenvalue weighted by Gasteiger charge is -2.31. The monoisotopic (exact) mass is 413 g/mol. The molecule has 3 heterocycles. The maximum Gasteiger partial charge on any atom is 0.341 e. The van der Waals surface area contributed by atoms with E-state index in [4.69, 9.17) is 5.73 Å². The maximum atomic E-state index is 15.8. The highest BCUT2D eigenvalue weighted by Gasteiger charge is 2.33. The number of benzene rings is 1. The number of nitrogens with two attached hydrogens (primary N) is 1. The summed E-state index contributed by atoms with van der Waals surface area (Å²) in [5.41, 5.74) is 4.94. The molecule has 3 N–H and O–H groups in total. The second-order valence-corrected chi connectivity index (χ2v) is 7.60. The maximum absolute atomic E-state index is 15.8. The van der Waals surface area contributed by atoms with Crippen LogP contribution < -0.4 is 16.1 Å². The lowest BCUT2D eigenvalue weighted by Crippen LogP contribution is -2.33. The van der Waals surface area contributed by atoms with Crippen LogP contribution in [0.4, 0.5) is 20.2 Å². The van der Waals surface area contributed by atoms with Crippen LogP contribution >= 0.6 is 0 Å². The Morgan fingerprint density at radius 1 is 1.27 bits per heavy atom. The molecule has 0 saturated heterocycles. The fourth-order valence-corrected chi connectivity index (χ4v) is 4.08. The lowest BCUT2D eigenvalue weighted by molar-refractivity contribution is 0.0695. The summed E-state index contributed by atoms with van der Waals surface area (Å²) in [6.07, 6.45) is 6.05. The van der Waals surface area contributed by atoms with Gasteiger partial charge in [0.1, 0.15) is 17.6 Å². The van der Waals surface area contributed by atoms with E-state index in [1.54, 1.807) is 6.20 Å². The zero-order chi connectivity index (χ0) is 21.2. The Hall–Kier alpha value is -3.56. The molecule has 1 aliphatic carbocycles. The summed E-state index contributed by atoms with van der Waals surface area (Å²) < 4.78 is 32.4. The Balaban J connectivity index is 1.78. The summed E-state index contributed by atoms with van der Waals surface area (Å²) >= 11 is 0. The molecule has 1 fully saturated rings. The largest absolute Gasteiger partial charge is 0.477 e. The first-order valence-electron chi connectivity index (χ1n) is 9.49. The molecule has 8 nitrogen and oxygen atoms in total. The summed E-state index contributed by atoms with van der Waals surface area (Å²) in [6, 6.07) is -0.158. The molecule has 0 radical (unpaired) electrons. The molecule has 0 amide bonds. The molecule has 3 aromatic rings. The van der Waals surface area contributed by atoms with Crippen molar-refractivity contribution in [2.45, 2.75) is 31.8 Å². The Labute approximate surface area is 168 Å². The number of carboxylic acid groups (broad SMARTS) is 1. The highest BCUT2D eigenvalue weighted by Crippen LogP contribution is 2.42. The van der Waals surface area contributed by atoms with Crippen LogP contribution in [0.25, 0.3) is 10.9 Å². The number of carbonyl (C=O) groups is 1. The number of nitrogens with zero attached hydrogens (tertiary/aromatic N) is 4. The van der Waals surface area contributed by atoms with E-state index in [1.165, 1.54) is 15.8 Å². The number of carboxylic acids is 1. The SMILES string of the molecule is Nc1c(F)c(N2CCc3ncncc3C2)c(F)c2c1c(=O)c(C(=O)O)cn2C1CC1. The molecule has 2 aliphatic rings. The summed E-state index contributed by atoms with van der Waals surface area (Å²) in [4.78, 5) is 33.9. The number of aromatic carboxylic acids is 1. The molecule has 154 valence electrons. The van der Waals surface area contributed by atoms with Crippen molar-refractivity contribution in [1.29, 1.82) is 0 Å². The van der Waals surface area contributed by atoms with Gasteiger partial charge < -0.3 is 20.3 Å². The third kappa shape index (κ3) is 2.63. The van der Waals surface area contributed by atoms with Gasteiger partial charge in [-0.2, -0.15) is 0 Å². The average molecular weight is 413 g/mol. The van der Waals surface area contributed by atoms with Gasteiger partial charge in [-0.05, 0) is 12.8 Å². The average Bonchev–Trinajstić information content (AvgIpc) is 3.57. The van der Waals surface area contributed by atoms with Crippen molar-refractivity contribution in [2.75, 3.05) is 17.2 Å². The number of nitrogen functional groups attached to an aromatic ring is 1. The van der Waals surface area contributed by atoms with Crippen LogP contribution in [0.3, 0.4) is 0 Å². The third-order valence-electron chi connectivity index (χ3n) is 5.71. The number of halogens is 2. The smallest absolute Gasteiger partial charge is 0.341 e. The van der Waals surface area contributed by atoms with E-state index in [0.717, 1.165) is 17.5 Å². The van der Waals surface area contributed by atoms with Gasteiger partial charge >= 0.3 is 5.97 Å². The first-order valence-corrected chi connectivity index (χ1v) is 9.49. The standard InChI is InChI=1S/C20H17F2N5O3/c21-14-16(23)13-17(27(10-1-2-10)7-11(19(13)28)20(29)30)15(22)18(14)26-4-3-12-9(6-26)5-24-8-25-12/h5,7-8,10H,1-4,6,23H2,(H,29,30). The molecule has 10 heteroatoms. The molecule has 0 unspecified atom stereocenters. The Morgan fingerprint density at radius 2 is 2.03 bits per heavy atom. The van der Waals surface area contributed by atoms with E-state index in [1.807, 2.05) is 0 Å². The molecule has 5 rings (SSSR count). The zero-order valence-electron chi connectivity index (χ0n) is 15.7. The second kappa shape index (κ2) is 6.48. The zero-order valence-corrected chi connectivity index (χ0v) is 15.7. The Kier molecular flexibility index (Phi) is 3.99. The number of anilines is 2. The number of hydrogen-bond acceptors (Lipinski definition) is 6. The molecule has 0 spiro atoms. The molecule has 30 heavy (non-hydrogen) atoms. The Morgan fingerprint density at radius 3 is 2.73 bits per heavy atom. The van der Waals surface area contributed by atoms with E-state index in [2.05, 4.69) is 9.97 Å². The van der Waals surface area contributed by atoms with Gasteiger partial charge in [-0.15, -0.1) is 0 Å². The van der Waals surface area contributed by atoms with Crippen molar-refractivity contribution < 1.29 is 18.7 Å². The van der Waals surface area contributed by atoms with Crippen molar-refractivity contribution in [3.05, 3.63) is 57.4 Å². The van der Waals surface area contributed by atoms with E-state index in [0.29, 0.717) is 25.8 Å². The van der Waals surface area contributed by atoms with Gasteiger partial charge in [-0.1, -0.05) is 0 Å². The Bertz CT molecular complexity index is 1290. The first-order chi connectivity index (χ1) is 14.4. The van der Waals surface area contributed by atoms with Crippen molar-refractivity contribution in [2.24, 2.45) is 0 Å². The fourth-order valence-electron chi connectivity index (χ4n) is 4.08.